The molecule has 0 heterocycles. The van der Waals surface area contributed by atoms with Gasteiger partial charge in [0.2, 0.25) is 0 Å². The average Bonchev–Trinajstić information content (AvgIpc) is 2.35. The van der Waals surface area contributed by atoms with Crippen LogP contribution in [-0.2, 0) is 4.79 Å². The fourth-order valence-electron chi connectivity index (χ4n) is 1.67. The van der Waals surface area contributed by atoms with E-state index in [0.717, 1.165) is 0 Å². The van der Waals surface area contributed by atoms with Gasteiger partial charge >= 0.3 is 11.5 Å². The second-order valence-electron chi connectivity index (χ2n) is 5.30. The fourth-order valence-corrected chi connectivity index (χ4v) is 2.21. The maximum atomic E-state index is 12.2. The highest BCUT2D eigenvalue weighted by Gasteiger charge is 2.29. The summed E-state index contributed by atoms with van der Waals surface area (Å²) in [4.78, 5) is 22.6. The van der Waals surface area contributed by atoms with E-state index in [1.165, 1.54) is 24.3 Å². The van der Waals surface area contributed by atoms with Crippen LogP contribution in [0, 0.1) is 0 Å². The molecular weight excluding hydrogens is 319 g/mol. The summed E-state index contributed by atoms with van der Waals surface area (Å²) >= 11 is -0.251. The Balaban J connectivity index is 2.68. The third-order valence-corrected chi connectivity index (χ3v) is 3.51. The van der Waals surface area contributed by atoms with E-state index in [0.29, 0.717) is 0 Å². The first-order valence-corrected chi connectivity index (χ1v) is 7.20. The van der Waals surface area contributed by atoms with E-state index in [1.54, 1.807) is 13.8 Å². The average molecular weight is 335 g/mol. The third-order valence-electron chi connectivity index (χ3n) is 2.77. The highest BCUT2D eigenvalue weighted by atomic mass is 32.2. The van der Waals surface area contributed by atoms with Gasteiger partial charge in [0.05, 0.1) is 0 Å². The maximum absolute atomic E-state index is 12.2. The first kappa shape index (κ1) is 18.3. The van der Waals surface area contributed by atoms with Crippen LogP contribution in [0.3, 0.4) is 0 Å². The van der Waals surface area contributed by atoms with Crippen molar-refractivity contribution in [3.63, 3.8) is 0 Å². The molecule has 1 aromatic rings. The van der Waals surface area contributed by atoms with E-state index in [9.17, 15) is 22.8 Å². The molecule has 8 heteroatoms. The molecule has 0 aliphatic heterocycles. The standard InChI is InChI=1S/C14H16F3NO3S/c1-13(2,8-7-11(19)20)18-12(21)9-3-5-10(6-4-9)22-14(15,16)17/h3-6H,7-8H2,1-2H3,(H,18,21)(H,19,20). The third kappa shape index (κ3) is 6.84. The molecule has 1 aromatic carbocycles. The van der Waals surface area contributed by atoms with Crippen molar-refractivity contribution >= 4 is 23.6 Å². The van der Waals surface area contributed by atoms with Gasteiger partial charge in [-0.25, -0.2) is 0 Å². The van der Waals surface area contributed by atoms with Crippen molar-refractivity contribution in [1.82, 2.24) is 5.32 Å². The van der Waals surface area contributed by atoms with Gasteiger partial charge in [-0.05, 0) is 56.3 Å². The summed E-state index contributed by atoms with van der Waals surface area (Å²) in [6.07, 6.45) is 0.157. The number of carbonyl (C=O) groups excluding carboxylic acids is 1. The van der Waals surface area contributed by atoms with Gasteiger partial charge in [0, 0.05) is 22.4 Å². The lowest BCUT2D eigenvalue weighted by Gasteiger charge is -2.25. The summed E-state index contributed by atoms with van der Waals surface area (Å²) in [5.41, 5.74) is -4.88. The zero-order chi connectivity index (χ0) is 17.0. The van der Waals surface area contributed by atoms with Crippen LogP contribution in [0.1, 0.15) is 37.0 Å². The molecule has 0 bridgehead atoms. The molecule has 22 heavy (non-hydrogen) atoms. The number of nitrogens with one attached hydrogen (secondary N) is 1. The Kier molecular flexibility index (Phi) is 5.87. The Morgan fingerprint density at radius 1 is 1.18 bits per heavy atom. The number of amides is 1. The Bertz CT molecular complexity index is 541. The highest BCUT2D eigenvalue weighted by Crippen LogP contribution is 2.36. The lowest BCUT2D eigenvalue weighted by atomic mass is 9.98. The monoisotopic (exact) mass is 335 g/mol. The molecule has 0 aromatic heterocycles. The molecule has 122 valence electrons. The van der Waals surface area contributed by atoms with E-state index in [1.807, 2.05) is 0 Å². The fraction of sp³-hybridized carbons (Fsp3) is 0.429. The van der Waals surface area contributed by atoms with E-state index in [-0.39, 0.29) is 35.1 Å². The van der Waals surface area contributed by atoms with Crippen LogP contribution < -0.4 is 5.32 Å². The lowest BCUT2D eigenvalue weighted by Crippen LogP contribution is -2.43. The molecule has 0 unspecified atom stereocenters. The summed E-state index contributed by atoms with van der Waals surface area (Å²) in [5, 5.41) is 11.3. The second-order valence-corrected chi connectivity index (χ2v) is 6.44. The zero-order valence-corrected chi connectivity index (χ0v) is 12.8. The van der Waals surface area contributed by atoms with E-state index >= 15 is 0 Å². The normalized spacial score (nSPS) is 12.0. The second kappa shape index (κ2) is 7.04. The van der Waals surface area contributed by atoms with Gasteiger partial charge < -0.3 is 10.4 Å². The number of carboxylic acids is 1. The number of hydrogen-bond acceptors (Lipinski definition) is 3. The number of carbonyl (C=O) groups is 2. The van der Waals surface area contributed by atoms with Crippen molar-refractivity contribution in [2.75, 3.05) is 0 Å². The Hall–Kier alpha value is -1.70. The van der Waals surface area contributed by atoms with Gasteiger partial charge in [-0.3, -0.25) is 9.59 Å². The van der Waals surface area contributed by atoms with Gasteiger partial charge in [-0.2, -0.15) is 13.2 Å². The van der Waals surface area contributed by atoms with E-state index in [2.05, 4.69) is 5.32 Å². The van der Waals surface area contributed by atoms with Gasteiger partial charge in [0.15, 0.2) is 0 Å². The maximum Gasteiger partial charge on any atom is 0.446 e. The summed E-state index contributed by atoms with van der Waals surface area (Å²) in [7, 11) is 0. The summed E-state index contributed by atoms with van der Waals surface area (Å²) in [5.74, 6) is -1.42. The number of aliphatic carboxylic acids is 1. The van der Waals surface area contributed by atoms with Crippen molar-refractivity contribution < 1.29 is 27.9 Å². The SMILES string of the molecule is CC(C)(CCC(=O)O)NC(=O)c1ccc(SC(F)(F)F)cc1. The first-order valence-electron chi connectivity index (χ1n) is 6.39. The first-order chi connectivity index (χ1) is 9.98. The predicted molar refractivity (Wildman–Crippen MR) is 76.8 cm³/mol. The number of rotatable bonds is 6. The van der Waals surface area contributed by atoms with Crippen molar-refractivity contribution in [3.8, 4) is 0 Å². The predicted octanol–water partition coefficient (Wildman–Crippen LogP) is 3.67. The molecule has 2 N–H and O–H groups in total. The molecule has 0 radical (unpaired) electrons. The molecule has 0 saturated carbocycles. The Morgan fingerprint density at radius 3 is 2.18 bits per heavy atom. The number of carboxylic acid groups (broad SMARTS) is 1. The highest BCUT2D eigenvalue weighted by molar-refractivity contribution is 8.00. The van der Waals surface area contributed by atoms with Gasteiger partial charge in [0.1, 0.15) is 0 Å². The summed E-state index contributed by atoms with van der Waals surface area (Å²) in [6, 6.07) is 5.04. The van der Waals surface area contributed by atoms with Gasteiger partial charge in [-0.15, -0.1) is 0 Å². The number of benzene rings is 1. The van der Waals surface area contributed by atoms with Gasteiger partial charge in [-0.1, -0.05) is 0 Å². The van der Waals surface area contributed by atoms with Crippen LogP contribution in [0.4, 0.5) is 13.2 Å². The molecule has 0 spiro atoms. The molecule has 0 fully saturated rings. The number of hydrogen-bond donors (Lipinski definition) is 2. The van der Waals surface area contributed by atoms with Crippen molar-refractivity contribution in [2.24, 2.45) is 0 Å². The Morgan fingerprint density at radius 2 is 1.73 bits per heavy atom. The molecule has 4 nitrogen and oxygen atoms in total. The van der Waals surface area contributed by atoms with E-state index < -0.39 is 22.9 Å². The molecule has 1 amide bonds. The lowest BCUT2D eigenvalue weighted by molar-refractivity contribution is -0.137. The molecule has 0 aliphatic rings. The summed E-state index contributed by atoms with van der Waals surface area (Å²) in [6.45, 7) is 3.36. The number of alkyl halides is 3. The quantitative estimate of drug-likeness (QED) is 0.779. The molecular formula is C14H16F3NO3S. The summed E-state index contributed by atoms with van der Waals surface area (Å²) < 4.78 is 36.6. The van der Waals surface area contributed by atoms with Crippen molar-refractivity contribution in [2.45, 2.75) is 42.6 Å². The van der Waals surface area contributed by atoms with E-state index in [4.69, 9.17) is 5.11 Å². The van der Waals surface area contributed by atoms with Crippen molar-refractivity contribution in [3.05, 3.63) is 29.8 Å². The van der Waals surface area contributed by atoms with Crippen LogP contribution in [0.2, 0.25) is 0 Å². The number of halogens is 3. The minimum atomic E-state index is -4.37. The molecule has 0 aliphatic carbocycles. The minimum absolute atomic E-state index is 0.00538. The largest absolute Gasteiger partial charge is 0.481 e. The van der Waals surface area contributed by atoms with Crippen molar-refractivity contribution in [1.29, 1.82) is 0 Å². The molecule has 0 saturated heterocycles. The van der Waals surface area contributed by atoms with Crippen LogP contribution in [0.25, 0.3) is 0 Å². The van der Waals surface area contributed by atoms with Crippen LogP contribution in [0.15, 0.2) is 29.2 Å². The molecule has 0 atom stereocenters. The van der Waals surface area contributed by atoms with Crippen LogP contribution in [0.5, 0.6) is 0 Å². The zero-order valence-electron chi connectivity index (χ0n) is 12.0. The number of thioether (sulfide) groups is 1. The topological polar surface area (TPSA) is 66.4 Å². The Labute approximate surface area is 130 Å². The smallest absolute Gasteiger partial charge is 0.446 e. The van der Waals surface area contributed by atoms with Crippen LogP contribution >= 0.6 is 11.8 Å². The van der Waals surface area contributed by atoms with Gasteiger partial charge in [0.25, 0.3) is 5.91 Å². The molecule has 1 rings (SSSR count). The van der Waals surface area contributed by atoms with Crippen LogP contribution in [-0.4, -0.2) is 28.0 Å². The minimum Gasteiger partial charge on any atom is -0.481 e.